The van der Waals surface area contributed by atoms with E-state index in [9.17, 15) is 0 Å². The number of nitrogens with zero attached hydrogens (tertiary/aromatic N) is 1. The second kappa shape index (κ2) is 3.13. The Balaban J connectivity index is 2.76. The van der Waals surface area contributed by atoms with Gasteiger partial charge in [-0.3, -0.25) is 0 Å². The quantitative estimate of drug-likeness (QED) is 0.611. The number of fused-ring (bicyclic) bond motifs is 1. The molecule has 0 saturated heterocycles. The minimum absolute atomic E-state index is 0.225. The maximum absolute atomic E-state index is 2.31. The van der Waals surface area contributed by atoms with Gasteiger partial charge in [0.25, 0.3) is 0 Å². The van der Waals surface area contributed by atoms with Gasteiger partial charge in [0, 0.05) is 24.1 Å². The van der Waals surface area contributed by atoms with Gasteiger partial charge in [-0.1, -0.05) is 26.8 Å². The summed E-state index contributed by atoms with van der Waals surface area (Å²) < 4.78 is 2.19. The fraction of sp³-hybridized carbons (Fsp3) is 0.429. The van der Waals surface area contributed by atoms with Crippen LogP contribution in [0.4, 0.5) is 0 Å². The normalized spacial score (nSPS) is 12.3. The van der Waals surface area contributed by atoms with Crippen LogP contribution < -0.4 is 0 Å². The van der Waals surface area contributed by atoms with E-state index in [0.29, 0.717) is 0 Å². The highest BCUT2D eigenvalue weighted by Crippen LogP contribution is 2.28. The molecule has 0 fully saturated rings. The molecule has 0 N–H and O–H groups in total. The van der Waals surface area contributed by atoms with Crippen molar-refractivity contribution in [1.29, 1.82) is 0 Å². The molecule has 15 heavy (non-hydrogen) atoms. The molecule has 0 amide bonds. The van der Waals surface area contributed by atoms with Crippen LogP contribution in [0.25, 0.3) is 10.9 Å². The van der Waals surface area contributed by atoms with Gasteiger partial charge in [0.1, 0.15) is 0 Å². The largest absolute Gasteiger partial charge is 0.351 e. The molecule has 0 bridgehead atoms. The van der Waals surface area contributed by atoms with E-state index in [4.69, 9.17) is 0 Å². The Hall–Kier alpha value is -1.24. The van der Waals surface area contributed by atoms with E-state index in [-0.39, 0.29) is 5.41 Å². The smallest absolute Gasteiger partial charge is 0.0483 e. The van der Waals surface area contributed by atoms with Gasteiger partial charge in [-0.2, -0.15) is 0 Å². The zero-order valence-electron chi connectivity index (χ0n) is 10.3. The van der Waals surface area contributed by atoms with Crippen LogP contribution in [0.1, 0.15) is 31.9 Å². The summed E-state index contributed by atoms with van der Waals surface area (Å²) in [6, 6.07) is 6.81. The molecule has 1 aromatic heterocycles. The summed E-state index contributed by atoms with van der Waals surface area (Å²) in [4.78, 5) is 0. The molecule has 0 unspecified atom stereocenters. The third-order valence-electron chi connectivity index (χ3n) is 3.08. The lowest BCUT2D eigenvalue weighted by Gasteiger charge is -2.20. The Morgan fingerprint density at radius 3 is 2.40 bits per heavy atom. The van der Waals surface area contributed by atoms with Crippen molar-refractivity contribution in [1.82, 2.24) is 4.57 Å². The minimum atomic E-state index is 0.225. The molecule has 1 heterocycles. The lowest BCUT2D eigenvalue weighted by atomic mass is 9.85. The summed E-state index contributed by atoms with van der Waals surface area (Å²) >= 11 is 0. The molecule has 2 aromatic rings. The lowest BCUT2D eigenvalue weighted by molar-refractivity contribution is 0.590. The average molecular weight is 201 g/mol. The molecule has 2 rings (SSSR count). The van der Waals surface area contributed by atoms with E-state index in [1.165, 1.54) is 22.0 Å². The Morgan fingerprint density at radius 2 is 1.80 bits per heavy atom. The van der Waals surface area contributed by atoms with Gasteiger partial charge in [0.2, 0.25) is 0 Å². The van der Waals surface area contributed by atoms with Crippen molar-refractivity contribution in [3.63, 3.8) is 0 Å². The first-order valence-electron chi connectivity index (χ1n) is 5.46. The summed E-state index contributed by atoms with van der Waals surface area (Å²) in [5, 5.41) is 1.37. The van der Waals surface area contributed by atoms with Crippen molar-refractivity contribution < 1.29 is 0 Å². The van der Waals surface area contributed by atoms with E-state index in [0.717, 1.165) is 0 Å². The van der Waals surface area contributed by atoms with Gasteiger partial charge in [-0.05, 0) is 35.6 Å². The molecular formula is C14H19N. The van der Waals surface area contributed by atoms with Crippen LogP contribution in [0.5, 0.6) is 0 Å². The van der Waals surface area contributed by atoms with Crippen LogP contribution in [0.15, 0.2) is 24.4 Å². The third-order valence-corrected chi connectivity index (χ3v) is 3.08. The van der Waals surface area contributed by atoms with Gasteiger partial charge < -0.3 is 4.57 Å². The van der Waals surface area contributed by atoms with Crippen molar-refractivity contribution in [3.8, 4) is 0 Å². The fourth-order valence-electron chi connectivity index (χ4n) is 1.99. The number of aromatic nitrogens is 1. The first-order valence-corrected chi connectivity index (χ1v) is 5.46. The standard InChI is InChI=1S/C14H19N/c1-10-8-11(14(2,3)4)9-13-12(10)6-7-15(13)5/h6-9H,1-5H3. The minimum Gasteiger partial charge on any atom is -0.351 e. The van der Waals surface area contributed by atoms with E-state index in [2.05, 4.69) is 63.7 Å². The van der Waals surface area contributed by atoms with Crippen molar-refractivity contribution in [2.75, 3.05) is 0 Å². The summed E-state index contributed by atoms with van der Waals surface area (Å²) in [7, 11) is 2.11. The SMILES string of the molecule is Cc1cc(C(C)(C)C)cc2c1ccn2C. The summed E-state index contributed by atoms with van der Waals surface area (Å²) in [5.74, 6) is 0. The highest BCUT2D eigenvalue weighted by molar-refractivity contribution is 5.84. The number of rotatable bonds is 0. The van der Waals surface area contributed by atoms with Crippen LogP contribution >= 0.6 is 0 Å². The number of aryl methyl sites for hydroxylation is 2. The van der Waals surface area contributed by atoms with Gasteiger partial charge in [-0.25, -0.2) is 0 Å². The third kappa shape index (κ3) is 1.67. The topological polar surface area (TPSA) is 4.93 Å². The summed E-state index contributed by atoms with van der Waals surface area (Å²) in [6.07, 6.45) is 2.13. The van der Waals surface area contributed by atoms with Crippen LogP contribution in [-0.4, -0.2) is 4.57 Å². The van der Waals surface area contributed by atoms with Crippen molar-refractivity contribution >= 4 is 10.9 Å². The predicted molar refractivity (Wildman–Crippen MR) is 66.4 cm³/mol. The first-order chi connectivity index (χ1) is 6.89. The molecule has 1 aromatic carbocycles. The van der Waals surface area contributed by atoms with Crippen molar-refractivity contribution in [2.45, 2.75) is 33.1 Å². The van der Waals surface area contributed by atoms with E-state index < -0.39 is 0 Å². The first kappa shape index (κ1) is 10.3. The van der Waals surface area contributed by atoms with Crippen LogP contribution in [-0.2, 0) is 12.5 Å². The van der Waals surface area contributed by atoms with Crippen molar-refractivity contribution in [2.24, 2.45) is 7.05 Å². The maximum atomic E-state index is 2.31. The van der Waals surface area contributed by atoms with Gasteiger partial charge in [0.15, 0.2) is 0 Å². The zero-order valence-corrected chi connectivity index (χ0v) is 10.3. The molecule has 1 nitrogen and oxygen atoms in total. The molecule has 0 radical (unpaired) electrons. The van der Waals surface area contributed by atoms with Crippen LogP contribution in [0.3, 0.4) is 0 Å². The average Bonchev–Trinajstić information content (AvgIpc) is 2.47. The molecular weight excluding hydrogens is 182 g/mol. The van der Waals surface area contributed by atoms with E-state index >= 15 is 0 Å². The molecule has 0 spiro atoms. The fourth-order valence-corrected chi connectivity index (χ4v) is 1.99. The highest BCUT2D eigenvalue weighted by Gasteiger charge is 2.15. The second-order valence-corrected chi connectivity index (χ2v) is 5.40. The number of benzene rings is 1. The summed E-state index contributed by atoms with van der Waals surface area (Å²) in [5.41, 5.74) is 4.34. The van der Waals surface area contributed by atoms with Gasteiger partial charge >= 0.3 is 0 Å². The van der Waals surface area contributed by atoms with Gasteiger partial charge in [-0.15, -0.1) is 0 Å². The summed E-state index contributed by atoms with van der Waals surface area (Å²) in [6.45, 7) is 8.97. The Labute approximate surface area is 91.7 Å². The Kier molecular flexibility index (Phi) is 2.14. The zero-order chi connectivity index (χ0) is 11.2. The molecule has 0 atom stereocenters. The Morgan fingerprint density at radius 1 is 1.13 bits per heavy atom. The number of hydrogen-bond acceptors (Lipinski definition) is 0. The molecule has 80 valence electrons. The number of hydrogen-bond donors (Lipinski definition) is 0. The highest BCUT2D eigenvalue weighted by atomic mass is 14.9. The molecule has 0 aliphatic heterocycles. The van der Waals surface area contributed by atoms with Crippen LogP contribution in [0, 0.1) is 6.92 Å². The Bertz CT molecular complexity index is 498. The maximum Gasteiger partial charge on any atom is 0.0483 e. The van der Waals surface area contributed by atoms with Crippen LogP contribution in [0.2, 0.25) is 0 Å². The van der Waals surface area contributed by atoms with E-state index in [1.807, 2.05) is 0 Å². The molecule has 0 saturated carbocycles. The van der Waals surface area contributed by atoms with E-state index in [1.54, 1.807) is 0 Å². The molecule has 0 aliphatic carbocycles. The molecule has 1 heteroatoms. The lowest BCUT2D eigenvalue weighted by Crippen LogP contribution is -2.11. The molecule has 0 aliphatic rings. The van der Waals surface area contributed by atoms with Crippen molar-refractivity contribution in [3.05, 3.63) is 35.5 Å². The van der Waals surface area contributed by atoms with Gasteiger partial charge in [0.05, 0.1) is 0 Å². The predicted octanol–water partition coefficient (Wildman–Crippen LogP) is 3.78. The monoisotopic (exact) mass is 201 g/mol. The second-order valence-electron chi connectivity index (χ2n) is 5.40.